The van der Waals surface area contributed by atoms with Crippen molar-refractivity contribution in [3.63, 3.8) is 0 Å². The fourth-order valence-electron chi connectivity index (χ4n) is 2.68. The number of benzene rings is 1. The monoisotopic (exact) mass is 483 g/mol. The van der Waals surface area contributed by atoms with Crippen molar-refractivity contribution in [1.82, 2.24) is 16.0 Å². The number of amides is 3. The Labute approximate surface area is 197 Å². The molecule has 0 aliphatic rings. The minimum atomic E-state index is -1.19. The number of methoxy groups -OCH3 is 1. The molecule has 0 radical (unpaired) electrons. The topological polar surface area (TPSA) is 140 Å². The lowest BCUT2D eigenvalue weighted by molar-refractivity contribution is -0.143. The molecule has 1 rings (SSSR count). The molecule has 10 nitrogen and oxygen atoms in total. The number of ether oxygens (including phenoxy) is 2. The molecular formula is C22H30ClN3O7. The van der Waals surface area contributed by atoms with Gasteiger partial charge in [-0.05, 0) is 18.4 Å². The largest absolute Gasteiger partial charge is 0.469 e. The first-order valence-corrected chi connectivity index (χ1v) is 10.9. The van der Waals surface area contributed by atoms with E-state index in [1.165, 1.54) is 6.92 Å². The standard InChI is InChI=1S/C22H30ClN3O7/c1-13(2)19(26-22(31)33-12-15-8-6-5-7-9-15)21(30)24-14(3)20(29)25-16(17(27)11-23)10-18(28)32-4/h5-9,13-14,16,19H,10-12H2,1-4H3,(H,24,30)(H,25,29)(H,26,31)/t14-,16-,19-/m0/s1. The quantitative estimate of drug-likeness (QED) is 0.300. The van der Waals surface area contributed by atoms with Gasteiger partial charge in [-0.3, -0.25) is 19.2 Å². The normalized spacial score (nSPS) is 13.3. The van der Waals surface area contributed by atoms with Crippen LogP contribution < -0.4 is 16.0 Å². The van der Waals surface area contributed by atoms with E-state index < -0.39 is 60.1 Å². The molecule has 0 heterocycles. The van der Waals surface area contributed by atoms with Crippen LogP contribution in [-0.2, 0) is 35.3 Å². The zero-order valence-electron chi connectivity index (χ0n) is 19.1. The van der Waals surface area contributed by atoms with Gasteiger partial charge in [0.2, 0.25) is 11.8 Å². The average Bonchev–Trinajstić information content (AvgIpc) is 2.80. The smallest absolute Gasteiger partial charge is 0.408 e. The second kappa shape index (κ2) is 14.1. The molecule has 3 atom stereocenters. The van der Waals surface area contributed by atoms with Crippen molar-refractivity contribution in [2.24, 2.45) is 5.92 Å². The van der Waals surface area contributed by atoms with Crippen LogP contribution in [0.5, 0.6) is 0 Å². The number of alkyl carbamates (subject to hydrolysis) is 1. The highest BCUT2D eigenvalue weighted by molar-refractivity contribution is 6.28. The second-order valence-electron chi connectivity index (χ2n) is 7.60. The summed E-state index contributed by atoms with van der Waals surface area (Å²) in [6.45, 7) is 4.88. The molecule has 1 aromatic carbocycles. The van der Waals surface area contributed by atoms with Gasteiger partial charge in [-0.2, -0.15) is 0 Å². The molecule has 0 fully saturated rings. The van der Waals surface area contributed by atoms with E-state index >= 15 is 0 Å². The van der Waals surface area contributed by atoms with E-state index in [9.17, 15) is 24.0 Å². The van der Waals surface area contributed by atoms with Gasteiger partial charge in [-0.15, -0.1) is 11.6 Å². The first-order valence-electron chi connectivity index (χ1n) is 10.3. The van der Waals surface area contributed by atoms with Gasteiger partial charge in [0.25, 0.3) is 0 Å². The van der Waals surface area contributed by atoms with Crippen LogP contribution in [0.25, 0.3) is 0 Å². The number of Topliss-reactive ketones (excluding diaryl/α,β-unsaturated/α-hetero) is 1. The Kier molecular flexibility index (Phi) is 11.9. The summed E-state index contributed by atoms with van der Waals surface area (Å²) in [6.07, 6.45) is -1.17. The van der Waals surface area contributed by atoms with E-state index in [0.717, 1.165) is 12.7 Å². The molecule has 11 heteroatoms. The lowest BCUT2D eigenvalue weighted by Gasteiger charge is -2.24. The fourth-order valence-corrected chi connectivity index (χ4v) is 2.87. The second-order valence-corrected chi connectivity index (χ2v) is 7.87. The number of carbonyl (C=O) groups is 5. The molecular weight excluding hydrogens is 454 g/mol. The van der Waals surface area contributed by atoms with E-state index in [1.807, 2.05) is 18.2 Å². The van der Waals surface area contributed by atoms with E-state index in [-0.39, 0.29) is 12.5 Å². The molecule has 0 saturated carbocycles. The molecule has 3 N–H and O–H groups in total. The SMILES string of the molecule is COC(=O)C[C@H](NC(=O)[C@H](C)NC(=O)[C@@H](NC(=O)OCc1ccccc1)C(C)C)C(=O)CCl. The predicted octanol–water partition coefficient (Wildman–Crippen LogP) is 1.30. The fraction of sp³-hybridized carbons (Fsp3) is 0.500. The van der Waals surface area contributed by atoms with Crippen molar-refractivity contribution in [2.75, 3.05) is 13.0 Å². The molecule has 33 heavy (non-hydrogen) atoms. The molecule has 0 aromatic heterocycles. The summed E-state index contributed by atoms with van der Waals surface area (Å²) in [5.41, 5.74) is 0.788. The van der Waals surface area contributed by atoms with Crippen LogP contribution in [-0.4, -0.2) is 60.8 Å². The van der Waals surface area contributed by atoms with E-state index in [1.54, 1.807) is 26.0 Å². The Morgan fingerprint density at radius 1 is 0.939 bits per heavy atom. The third-order valence-corrected chi connectivity index (χ3v) is 4.89. The number of halogens is 1. The first kappa shape index (κ1) is 27.9. The van der Waals surface area contributed by atoms with Crippen molar-refractivity contribution >= 4 is 41.3 Å². The molecule has 182 valence electrons. The van der Waals surface area contributed by atoms with Gasteiger partial charge in [-0.25, -0.2) is 4.79 Å². The number of ketones is 1. The van der Waals surface area contributed by atoms with Crippen molar-refractivity contribution in [3.05, 3.63) is 35.9 Å². The summed E-state index contributed by atoms with van der Waals surface area (Å²) in [5, 5.41) is 7.37. The molecule has 0 aliphatic carbocycles. The zero-order valence-corrected chi connectivity index (χ0v) is 19.8. The molecule has 3 amide bonds. The van der Waals surface area contributed by atoms with Gasteiger partial charge < -0.3 is 25.4 Å². The highest BCUT2D eigenvalue weighted by Crippen LogP contribution is 2.06. The maximum Gasteiger partial charge on any atom is 0.408 e. The summed E-state index contributed by atoms with van der Waals surface area (Å²) in [6, 6.07) is 5.82. The maximum atomic E-state index is 12.7. The summed E-state index contributed by atoms with van der Waals surface area (Å²) in [5.74, 6) is -3.31. The van der Waals surface area contributed by atoms with Gasteiger partial charge in [0.1, 0.15) is 18.7 Å². The third kappa shape index (κ3) is 9.90. The number of alkyl halides is 1. The Hall–Kier alpha value is -3.14. The van der Waals surface area contributed by atoms with Gasteiger partial charge in [0.15, 0.2) is 5.78 Å². The molecule has 0 aliphatic heterocycles. The van der Waals surface area contributed by atoms with Gasteiger partial charge >= 0.3 is 12.1 Å². The van der Waals surface area contributed by atoms with Gasteiger partial charge in [-0.1, -0.05) is 44.2 Å². The number of rotatable bonds is 12. The van der Waals surface area contributed by atoms with Crippen molar-refractivity contribution in [1.29, 1.82) is 0 Å². The van der Waals surface area contributed by atoms with E-state index in [0.29, 0.717) is 0 Å². The van der Waals surface area contributed by atoms with Crippen LogP contribution >= 0.6 is 11.6 Å². The van der Waals surface area contributed by atoms with E-state index in [2.05, 4.69) is 20.7 Å². The summed E-state index contributed by atoms with van der Waals surface area (Å²) in [7, 11) is 1.15. The van der Waals surface area contributed by atoms with Crippen LogP contribution in [0, 0.1) is 5.92 Å². The number of nitrogens with one attached hydrogen (secondary N) is 3. The van der Waals surface area contributed by atoms with Crippen LogP contribution in [0.3, 0.4) is 0 Å². The van der Waals surface area contributed by atoms with Gasteiger partial charge in [0.05, 0.1) is 25.5 Å². The van der Waals surface area contributed by atoms with Crippen molar-refractivity contribution < 1.29 is 33.4 Å². The number of esters is 1. The highest BCUT2D eigenvalue weighted by Gasteiger charge is 2.30. The predicted molar refractivity (Wildman–Crippen MR) is 120 cm³/mol. The number of carbonyl (C=O) groups excluding carboxylic acids is 5. The maximum absolute atomic E-state index is 12.7. The van der Waals surface area contributed by atoms with Gasteiger partial charge in [0, 0.05) is 0 Å². The number of hydrogen-bond donors (Lipinski definition) is 3. The Bertz CT molecular complexity index is 833. The highest BCUT2D eigenvalue weighted by atomic mass is 35.5. The molecule has 0 saturated heterocycles. The zero-order chi connectivity index (χ0) is 25.0. The minimum absolute atomic E-state index is 0.0358. The van der Waals surface area contributed by atoms with Crippen molar-refractivity contribution in [2.45, 2.75) is 51.9 Å². The molecule has 0 bridgehead atoms. The molecule has 0 unspecified atom stereocenters. The van der Waals surface area contributed by atoms with Crippen molar-refractivity contribution in [3.8, 4) is 0 Å². The molecule has 1 aromatic rings. The van der Waals surface area contributed by atoms with E-state index in [4.69, 9.17) is 16.3 Å². The summed E-state index contributed by atoms with van der Waals surface area (Å²) < 4.78 is 9.66. The summed E-state index contributed by atoms with van der Waals surface area (Å²) in [4.78, 5) is 60.7. The first-order chi connectivity index (χ1) is 15.6. The van der Waals surface area contributed by atoms with Crippen LogP contribution in [0.1, 0.15) is 32.8 Å². The van der Waals surface area contributed by atoms with Crippen LogP contribution in [0.4, 0.5) is 4.79 Å². The Balaban J connectivity index is 2.68. The third-order valence-electron chi connectivity index (χ3n) is 4.62. The lowest BCUT2D eigenvalue weighted by Crippen LogP contribution is -2.56. The Morgan fingerprint density at radius 2 is 1.58 bits per heavy atom. The average molecular weight is 484 g/mol. The van der Waals surface area contributed by atoms with Crippen LogP contribution in [0.2, 0.25) is 0 Å². The lowest BCUT2D eigenvalue weighted by atomic mass is 10.0. The number of hydrogen-bond acceptors (Lipinski definition) is 7. The van der Waals surface area contributed by atoms with Crippen LogP contribution in [0.15, 0.2) is 30.3 Å². The molecule has 0 spiro atoms. The minimum Gasteiger partial charge on any atom is -0.469 e. The summed E-state index contributed by atoms with van der Waals surface area (Å²) >= 11 is 5.54. The Morgan fingerprint density at radius 3 is 2.12 bits per heavy atom.